The molecule has 6 heteroatoms. The SMILES string of the molecule is CCCCCC=CCCC(CCCCCCCC(=O)OC)S(=O)(=O)O. The maximum Gasteiger partial charge on any atom is 0.305 e. The predicted octanol–water partition coefficient (Wildman–Crippen LogP) is 5.06. The van der Waals surface area contributed by atoms with E-state index in [9.17, 15) is 17.8 Å². The van der Waals surface area contributed by atoms with Gasteiger partial charge >= 0.3 is 5.97 Å². The van der Waals surface area contributed by atoms with Gasteiger partial charge in [-0.25, -0.2) is 0 Å². The van der Waals surface area contributed by atoms with Crippen molar-refractivity contribution in [1.82, 2.24) is 0 Å². The molecule has 0 saturated carbocycles. The minimum absolute atomic E-state index is 0.186. The third-order valence-corrected chi connectivity index (χ3v) is 5.67. The molecule has 0 spiro atoms. The van der Waals surface area contributed by atoms with Gasteiger partial charge in [-0.05, 0) is 38.5 Å². The molecule has 0 aliphatic carbocycles. The van der Waals surface area contributed by atoms with Crippen molar-refractivity contribution in [1.29, 1.82) is 0 Å². The Kier molecular flexibility index (Phi) is 14.8. The van der Waals surface area contributed by atoms with Crippen molar-refractivity contribution in [2.45, 2.75) is 95.6 Å². The summed E-state index contributed by atoms with van der Waals surface area (Å²) in [7, 11) is -2.59. The molecule has 0 amide bonds. The number of carbonyl (C=O) groups is 1. The number of hydrogen-bond acceptors (Lipinski definition) is 4. The van der Waals surface area contributed by atoms with Gasteiger partial charge in [0.1, 0.15) is 0 Å². The highest BCUT2D eigenvalue weighted by Crippen LogP contribution is 2.17. The van der Waals surface area contributed by atoms with Gasteiger partial charge in [0.25, 0.3) is 10.1 Å². The van der Waals surface area contributed by atoms with E-state index < -0.39 is 15.4 Å². The fourth-order valence-corrected chi connectivity index (χ4v) is 3.64. The van der Waals surface area contributed by atoms with Gasteiger partial charge in [-0.3, -0.25) is 9.35 Å². The summed E-state index contributed by atoms with van der Waals surface area (Å²) in [5.41, 5.74) is 0. The number of ether oxygens (including phenoxy) is 1. The highest BCUT2D eigenvalue weighted by Gasteiger charge is 2.21. The molecule has 1 N–H and O–H groups in total. The van der Waals surface area contributed by atoms with Crippen molar-refractivity contribution in [2.24, 2.45) is 0 Å². The molecule has 0 heterocycles. The van der Waals surface area contributed by atoms with Crippen molar-refractivity contribution in [3.05, 3.63) is 12.2 Å². The van der Waals surface area contributed by atoms with E-state index in [0.717, 1.165) is 38.5 Å². The van der Waals surface area contributed by atoms with E-state index in [-0.39, 0.29) is 5.97 Å². The fraction of sp³-hybridized carbons (Fsp3) is 0.842. The molecule has 0 rings (SSSR count). The Balaban J connectivity index is 3.88. The van der Waals surface area contributed by atoms with Crippen LogP contribution in [-0.2, 0) is 19.6 Å². The smallest absolute Gasteiger partial charge is 0.305 e. The molecule has 0 aromatic heterocycles. The molecule has 1 atom stereocenters. The molecule has 5 nitrogen and oxygen atoms in total. The van der Waals surface area contributed by atoms with Gasteiger partial charge in [-0.1, -0.05) is 57.6 Å². The maximum atomic E-state index is 11.5. The van der Waals surface area contributed by atoms with Crippen LogP contribution >= 0.6 is 0 Å². The maximum absolute atomic E-state index is 11.5. The first-order chi connectivity index (χ1) is 11.9. The Morgan fingerprint density at radius 3 is 2.24 bits per heavy atom. The lowest BCUT2D eigenvalue weighted by molar-refractivity contribution is -0.140. The zero-order chi connectivity index (χ0) is 19.0. The van der Waals surface area contributed by atoms with Crippen LogP contribution < -0.4 is 0 Å². The normalized spacial score (nSPS) is 13.2. The second-order valence-corrected chi connectivity index (χ2v) is 8.26. The third kappa shape index (κ3) is 15.1. The van der Waals surface area contributed by atoms with Crippen LogP contribution in [0.1, 0.15) is 90.4 Å². The molecular formula is C19H36O5S. The molecule has 0 aromatic carbocycles. The van der Waals surface area contributed by atoms with Gasteiger partial charge in [0.05, 0.1) is 12.4 Å². The third-order valence-electron chi connectivity index (χ3n) is 4.35. The molecule has 0 radical (unpaired) electrons. The zero-order valence-electron chi connectivity index (χ0n) is 15.9. The van der Waals surface area contributed by atoms with Gasteiger partial charge in [0.2, 0.25) is 0 Å². The molecular weight excluding hydrogens is 340 g/mol. The van der Waals surface area contributed by atoms with Crippen LogP contribution in [0, 0.1) is 0 Å². The number of methoxy groups -OCH3 is 1. The fourth-order valence-electron chi connectivity index (χ4n) is 2.75. The first-order valence-electron chi connectivity index (χ1n) is 9.60. The summed E-state index contributed by atoms with van der Waals surface area (Å²) in [5.74, 6) is -0.186. The molecule has 0 fully saturated rings. The lowest BCUT2D eigenvalue weighted by Crippen LogP contribution is -2.20. The molecule has 0 aromatic rings. The first-order valence-corrected chi connectivity index (χ1v) is 11.1. The summed E-state index contributed by atoms with van der Waals surface area (Å²) < 4.78 is 36.9. The Labute approximate surface area is 154 Å². The Hall–Kier alpha value is -0.880. The molecule has 25 heavy (non-hydrogen) atoms. The number of unbranched alkanes of at least 4 members (excludes halogenated alkanes) is 7. The van der Waals surface area contributed by atoms with E-state index in [2.05, 4.69) is 17.7 Å². The second-order valence-electron chi connectivity index (χ2n) is 6.56. The molecule has 148 valence electrons. The van der Waals surface area contributed by atoms with Crippen LogP contribution in [0.15, 0.2) is 12.2 Å². The Morgan fingerprint density at radius 2 is 1.60 bits per heavy atom. The quantitative estimate of drug-likeness (QED) is 0.176. The van der Waals surface area contributed by atoms with Crippen LogP contribution in [-0.4, -0.2) is 31.3 Å². The number of allylic oxidation sites excluding steroid dienone is 2. The summed E-state index contributed by atoms with van der Waals surface area (Å²) >= 11 is 0. The summed E-state index contributed by atoms with van der Waals surface area (Å²) in [5, 5.41) is -0.664. The monoisotopic (exact) mass is 376 g/mol. The second kappa shape index (κ2) is 15.4. The summed E-state index contributed by atoms with van der Waals surface area (Å²) in [6.07, 6.45) is 15.3. The van der Waals surface area contributed by atoms with Crippen molar-refractivity contribution in [3.8, 4) is 0 Å². The molecule has 1 unspecified atom stereocenters. The molecule has 0 saturated heterocycles. The number of rotatable bonds is 16. The molecule has 0 bridgehead atoms. The average Bonchev–Trinajstić information content (AvgIpc) is 2.56. The summed E-state index contributed by atoms with van der Waals surface area (Å²) in [4.78, 5) is 11.0. The van der Waals surface area contributed by atoms with Gasteiger partial charge in [-0.15, -0.1) is 0 Å². The van der Waals surface area contributed by atoms with Crippen LogP contribution in [0.4, 0.5) is 0 Å². The standard InChI is InChI=1S/C19H36O5S/c1-3-4-5-6-7-9-12-15-18(25(21,22)23)16-13-10-8-11-14-17-19(20)24-2/h7,9,18H,3-6,8,10-17H2,1-2H3,(H,21,22,23). The topological polar surface area (TPSA) is 80.7 Å². The van der Waals surface area contributed by atoms with E-state index in [0.29, 0.717) is 25.7 Å². The van der Waals surface area contributed by atoms with Crippen molar-refractivity contribution < 1.29 is 22.5 Å². The zero-order valence-corrected chi connectivity index (χ0v) is 16.7. The molecule has 0 aliphatic heterocycles. The largest absolute Gasteiger partial charge is 0.469 e. The molecule has 0 aliphatic rings. The Bertz CT molecular complexity index is 456. The minimum Gasteiger partial charge on any atom is -0.469 e. The minimum atomic E-state index is -3.97. The highest BCUT2D eigenvalue weighted by molar-refractivity contribution is 7.86. The van der Waals surface area contributed by atoms with Gasteiger partial charge in [0.15, 0.2) is 0 Å². The lowest BCUT2D eigenvalue weighted by atomic mass is 10.1. The van der Waals surface area contributed by atoms with E-state index in [1.165, 1.54) is 26.4 Å². The van der Waals surface area contributed by atoms with Gasteiger partial charge in [-0.2, -0.15) is 8.42 Å². The van der Waals surface area contributed by atoms with Crippen LogP contribution in [0.2, 0.25) is 0 Å². The van der Waals surface area contributed by atoms with Crippen molar-refractivity contribution >= 4 is 16.1 Å². The van der Waals surface area contributed by atoms with Crippen molar-refractivity contribution in [3.63, 3.8) is 0 Å². The van der Waals surface area contributed by atoms with E-state index >= 15 is 0 Å². The number of hydrogen-bond donors (Lipinski definition) is 1. The average molecular weight is 377 g/mol. The Morgan fingerprint density at radius 1 is 0.960 bits per heavy atom. The van der Waals surface area contributed by atoms with E-state index in [1.807, 2.05) is 6.08 Å². The van der Waals surface area contributed by atoms with Gasteiger partial charge < -0.3 is 4.74 Å². The van der Waals surface area contributed by atoms with Crippen LogP contribution in [0.5, 0.6) is 0 Å². The first kappa shape index (κ1) is 24.1. The summed E-state index contributed by atoms with van der Waals surface area (Å²) in [6, 6.07) is 0. The number of esters is 1. The number of carbonyl (C=O) groups excluding carboxylic acids is 1. The predicted molar refractivity (Wildman–Crippen MR) is 102 cm³/mol. The van der Waals surface area contributed by atoms with Crippen molar-refractivity contribution in [2.75, 3.05) is 7.11 Å². The van der Waals surface area contributed by atoms with Crippen LogP contribution in [0.3, 0.4) is 0 Å². The lowest BCUT2D eigenvalue weighted by Gasteiger charge is -2.12. The van der Waals surface area contributed by atoms with Crippen LogP contribution in [0.25, 0.3) is 0 Å². The van der Waals surface area contributed by atoms with E-state index in [4.69, 9.17) is 0 Å². The van der Waals surface area contributed by atoms with Gasteiger partial charge in [0, 0.05) is 6.42 Å². The van der Waals surface area contributed by atoms with E-state index in [1.54, 1.807) is 0 Å². The summed E-state index contributed by atoms with van der Waals surface area (Å²) in [6.45, 7) is 2.17. The highest BCUT2D eigenvalue weighted by atomic mass is 32.2.